The average molecular weight is 324 g/mol. The first kappa shape index (κ1) is 16.8. The van der Waals surface area contributed by atoms with Crippen LogP contribution >= 0.6 is 11.6 Å². The lowest BCUT2D eigenvalue weighted by Crippen LogP contribution is -2.41. The molecule has 2 atom stereocenters. The van der Waals surface area contributed by atoms with Gasteiger partial charge in [-0.15, -0.1) is 0 Å². The second-order valence-electron chi connectivity index (χ2n) is 5.77. The van der Waals surface area contributed by atoms with Gasteiger partial charge in [0, 0.05) is 24.2 Å². The molecule has 0 aromatic heterocycles. The average Bonchev–Trinajstić information content (AvgIpc) is 2.83. The number of hydrogen-bond acceptors (Lipinski definition) is 3. The molecule has 0 bridgehead atoms. The van der Waals surface area contributed by atoms with Gasteiger partial charge in [-0.2, -0.15) is 0 Å². The number of amides is 3. The van der Waals surface area contributed by atoms with Crippen molar-refractivity contribution in [3.63, 3.8) is 0 Å². The van der Waals surface area contributed by atoms with E-state index in [0.29, 0.717) is 19.0 Å². The Morgan fingerprint density at radius 3 is 2.45 bits per heavy atom. The summed E-state index contributed by atoms with van der Waals surface area (Å²) in [6, 6.07) is 7.85. The third kappa shape index (κ3) is 3.78. The van der Waals surface area contributed by atoms with Crippen LogP contribution < -0.4 is 5.32 Å². The minimum absolute atomic E-state index is 0.110. The number of benzene rings is 1. The highest BCUT2D eigenvalue weighted by Gasteiger charge is 2.29. The minimum Gasteiger partial charge on any atom is -0.329 e. The summed E-state index contributed by atoms with van der Waals surface area (Å²) in [4.78, 5) is 26.5. The molecule has 0 saturated carbocycles. The van der Waals surface area contributed by atoms with E-state index in [1.54, 1.807) is 0 Å². The fraction of sp³-hybridized carbons (Fsp3) is 0.500. The number of nitrogens with one attached hydrogen (secondary N) is 1. The fourth-order valence-electron chi connectivity index (χ4n) is 2.57. The zero-order valence-corrected chi connectivity index (χ0v) is 13.9. The molecule has 1 aliphatic heterocycles. The van der Waals surface area contributed by atoms with E-state index in [0.717, 1.165) is 5.02 Å². The standard InChI is InChI=1S/C16H22ClN3O2/c1-11(13-4-6-14(17)7-5-13)12(2)19(3)8-9-20-15(21)10-18-16(20)22/h4-7,11-12H,8-10H2,1-3H3,(H,18,22)/t11-,12+/m1/s1. The second-order valence-corrected chi connectivity index (χ2v) is 6.20. The minimum atomic E-state index is -0.295. The Bertz CT molecular complexity index is 531. The SMILES string of the molecule is C[C@@H](c1ccc(Cl)cc1)[C@H](C)N(C)CCN1C(=O)CNC1=O. The van der Waals surface area contributed by atoms with Gasteiger partial charge < -0.3 is 10.2 Å². The third-order valence-electron chi connectivity index (χ3n) is 4.43. The summed E-state index contributed by atoms with van der Waals surface area (Å²) in [6.45, 7) is 5.49. The molecule has 1 aliphatic rings. The Balaban J connectivity index is 1.91. The molecule has 0 radical (unpaired) electrons. The fourth-order valence-corrected chi connectivity index (χ4v) is 2.70. The van der Waals surface area contributed by atoms with Crippen molar-refractivity contribution in [3.05, 3.63) is 34.9 Å². The van der Waals surface area contributed by atoms with Crippen LogP contribution in [0.15, 0.2) is 24.3 Å². The number of rotatable bonds is 6. The Kier molecular flexibility index (Phi) is 5.42. The highest BCUT2D eigenvalue weighted by Crippen LogP contribution is 2.23. The van der Waals surface area contributed by atoms with Crippen LogP contribution in [0.4, 0.5) is 4.79 Å². The largest absolute Gasteiger partial charge is 0.329 e. The van der Waals surface area contributed by atoms with Gasteiger partial charge in [0.2, 0.25) is 5.91 Å². The second kappa shape index (κ2) is 7.11. The number of likely N-dealkylation sites (N-methyl/N-ethyl adjacent to an activating group) is 1. The van der Waals surface area contributed by atoms with E-state index in [1.807, 2.05) is 31.3 Å². The van der Waals surface area contributed by atoms with Crippen molar-refractivity contribution in [2.45, 2.75) is 25.8 Å². The van der Waals surface area contributed by atoms with E-state index in [-0.39, 0.29) is 24.5 Å². The molecule has 120 valence electrons. The van der Waals surface area contributed by atoms with E-state index in [4.69, 9.17) is 11.6 Å². The van der Waals surface area contributed by atoms with E-state index in [2.05, 4.69) is 24.1 Å². The lowest BCUT2D eigenvalue weighted by atomic mass is 9.93. The smallest absolute Gasteiger partial charge is 0.324 e. The molecule has 1 saturated heterocycles. The maximum absolute atomic E-state index is 11.6. The molecule has 1 heterocycles. The molecule has 0 aliphatic carbocycles. The molecule has 6 heteroatoms. The van der Waals surface area contributed by atoms with Gasteiger partial charge in [0.25, 0.3) is 0 Å². The van der Waals surface area contributed by atoms with Gasteiger partial charge >= 0.3 is 6.03 Å². The first-order valence-corrected chi connectivity index (χ1v) is 7.82. The van der Waals surface area contributed by atoms with Crippen molar-refractivity contribution in [2.75, 3.05) is 26.7 Å². The van der Waals surface area contributed by atoms with Crippen LogP contribution in [0.3, 0.4) is 0 Å². The van der Waals surface area contributed by atoms with Crippen LogP contribution in [0.5, 0.6) is 0 Å². The van der Waals surface area contributed by atoms with Gasteiger partial charge in [-0.05, 0) is 37.6 Å². The summed E-state index contributed by atoms with van der Waals surface area (Å²) in [5, 5.41) is 3.26. The van der Waals surface area contributed by atoms with Crippen LogP contribution in [-0.4, -0.2) is 54.5 Å². The van der Waals surface area contributed by atoms with Crippen molar-refractivity contribution in [2.24, 2.45) is 0 Å². The molecular formula is C16H22ClN3O2. The highest BCUT2D eigenvalue weighted by atomic mass is 35.5. The molecular weight excluding hydrogens is 302 g/mol. The van der Waals surface area contributed by atoms with Gasteiger partial charge in [-0.25, -0.2) is 4.79 Å². The molecule has 2 rings (SSSR count). The van der Waals surface area contributed by atoms with Gasteiger partial charge in [0.15, 0.2) is 0 Å². The quantitative estimate of drug-likeness (QED) is 0.817. The number of carbonyl (C=O) groups excluding carboxylic acids is 2. The Morgan fingerprint density at radius 2 is 1.91 bits per heavy atom. The maximum atomic E-state index is 11.6. The van der Waals surface area contributed by atoms with E-state index >= 15 is 0 Å². The Hall–Kier alpha value is -1.59. The molecule has 1 aromatic carbocycles. The number of nitrogens with zero attached hydrogens (tertiary/aromatic N) is 2. The summed E-state index contributed by atoms with van der Waals surface area (Å²) in [7, 11) is 2.01. The topological polar surface area (TPSA) is 52.6 Å². The van der Waals surface area contributed by atoms with Crippen molar-refractivity contribution in [3.8, 4) is 0 Å². The number of hydrogen-bond donors (Lipinski definition) is 1. The first-order valence-electron chi connectivity index (χ1n) is 7.44. The molecule has 22 heavy (non-hydrogen) atoms. The van der Waals surface area contributed by atoms with Crippen molar-refractivity contribution < 1.29 is 9.59 Å². The molecule has 3 amide bonds. The van der Waals surface area contributed by atoms with Gasteiger partial charge in [-0.3, -0.25) is 9.69 Å². The van der Waals surface area contributed by atoms with Crippen LogP contribution in [-0.2, 0) is 4.79 Å². The molecule has 0 unspecified atom stereocenters. The van der Waals surface area contributed by atoms with E-state index < -0.39 is 0 Å². The van der Waals surface area contributed by atoms with Crippen molar-refractivity contribution in [1.29, 1.82) is 0 Å². The number of halogens is 1. The van der Waals surface area contributed by atoms with E-state index in [1.165, 1.54) is 10.5 Å². The predicted molar refractivity (Wildman–Crippen MR) is 87.1 cm³/mol. The van der Waals surface area contributed by atoms with Crippen molar-refractivity contribution >= 4 is 23.5 Å². The van der Waals surface area contributed by atoms with Crippen LogP contribution in [0.1, 0.15) is 25.3 Å². The lowest BCUT2D eigenvalue weighted by Gasteiger charge is -2.31. The molecule has 0 spiro atoms. The van der Waals surface area contributed by atoms with Crippen LogP contribution in [0, 0.1) is 0 Å². The highest BCUT2D eigenvalue weighted by molar-refractivity contribution is 6.30. The zero-order chi connectivity index (χ0) is 16.3. The molecule has 1 aromatic rings. The number of urea groups is 1. The van der Waals surface area contributed by atoms with Crippen LogP contribution in [0.25, 0.3) is 0 Å². The normalized spacial score (nSPS) is 17.8. The Labute approximate surface area is 136 Å². The zero-order valence-electron chi connectivity index (χ0n) is 13.2. The number of imide groups is 1. The lowest BCUT2D eigenvalue weighted by molar-refractivity contribution is -0.125. The predicted octanol–water partition coefficient (Wildman–Crippen LogP) is 2.32. The van der Waals surface area contributed by atoms with Gasteiger partial charge in [0.1, 0.15) is 0 Å². The van der Waals surface area contributed by atoms with Crippen LogP contribution in [0.2, 0.25) is 5.02 Å². The van der Waals surface area contributed by atoms with Crippen molar-refractivity contribution in [1.82, 2.24) is 15.1 Å². The molecule has 1 fully saturated rings. The van der Waals surface area contributed by atoms with Gasteiger partial charge in [0.05, 0.1) is 6.54 Å². The summed E-state index contributed by atoms with van der Waals surface area (Å²) < 4.78 is 0. The summed E-state index contributed by atoms with van der Waals surface area (Å²) in [6.07, 6.45) is 0. The maximum Gasteiger partial charge on any atom is 0.324 e. The monoisotopic (exact) mass is 323 g/mol. The number of carbonyl (C=O) groups is 2. The summed E-state index contributed by atoms with van der Waals surface area (Å²) >= 11 is 5.92. The third-order valence-corrected chi connectivity index (χ3v) is 4.68. The van der Waals surface area contributed by atoms with Gasteiger partial charge in [-0.1, -0.05) is 30.7 Å². The summed E-state index contributed by atoms with van der Waals surface area (Å²) in [5.74, 6) is 0.169. The molecule has 5 nitrogen and oxygen atoms in total. The summed E-state index contributed by atoms with van der Waals surface area (Å²) in [5.41, 5.74) is 1.22. The van der Waals surface area contributed by atoms with E-state index in [9.17, 15) is 9.59 Å². The Morgan fingerprint density at radius 1 is 1.27 bits per heavy atom. The first-order chi connectivity index (χ1) is 10.4. The molecule has 1 N–H and O–H groups in total.